The molecule has 0 bridgehead atoms. The van der Waals surface area contributed by atoms with Gasteiger partial charge in [0, 0.05) is 37.1 Å². The molecule has 3 aromatic rings. The minimum absolute atomic E-state index is 0.231. The molecule has 0 aliphatic carbocycles. The van der Waals surface area contributed by atoms with Crippen molar-refractivity contribution in [2.75, 3.05) is 18.8 Å². The Hall–Kier alpha value is -2.68. The Morgan fingerprint density at radius 3 is 2.67 bits per heavy atom. The first-order chi connectivity index (χ1) is 14.2. The van der Waals surface area contributed by atoms with Crippen LogP contribution in [0.5, 0.6) is 0 Å². The standard InChI is InChI=1S/C21H25BrN6O2/c1-21(2,3)30-20(29)27-8-5-13(6-9-27)15-12-28(18-4-7-24-19(23)26-18)16-10-17(22)25-11-14(15)16/h4,7,10-13H,5-6,8-9H2,1-3H3,(H2,23,24,26). The topological polar surface area (TPSA) is 99.2 Å². The SMILES string of the molecule is CC(C)(C)OC(=O)N1CCC(c2cn(-c3ccnc(N)n3)c3cc(Br)ncc23)CC1. The average molecular weight is 473 g/mol. The molecule has 1 saturated heterocycles. The van der Waals surface area contributed by atoms with E-state index in [4.69, 9.17) is 10.5 Å². The van der Waals surface area contributed by atoms with Crippen LogP contribution in [-0.2, 0) is 4.74 Å². The van der Waals surface area contributed by atoms with E-state index >= 15 is 0 Å². The Morgan fingerprint density at radius 1 is 1.27 bits per heavy atom. The van der Waals surface area contributed by atoms with Gasteiger partial charge in [-0.2, -0.15) is 4.98 Å². The fourth-order valence-electron chi connectivity index (χ4n) is 3.83. The van der Waals surface area contributed by atoms with E-state index in [9.17, 15) is 4.79 Å². The first-order valence-electron chi connectivity index (χ1n) is 9.94. The summed E-state index contributed by atoms with van der Waals surface area (Å²) in [5.74, 6) is 1.26. The number of aromatic nitrogens is 4. The number of pyridine rings is 1. The Morgan fingerprint density at radius 2 is 2.00 bits per heavy atom. The van der Waals surface area contributed by atoms with Crippen LogP contribution in [0.3, 0.4) is 0 Å². The summed E-state index contributed by atoms with van der Waals surface area (Å²) in [6.45, 7) is 6.99. The van der Waals surface area contributed by atoms with Crippen molar-refractivity contribution < 1.29 is 9.53 Å². The van der Waals surface area contributed by atoms with Gasteiger partial charge >= 0.3 is 6.09 Å². The lowest BCUT2D eigenvalue weighted by Crippen LogP contribution is -2.41. The Labute approximate surface area is 183 Å². The second-order valence-corrected chi connectivity index (χ2v) is 9.31. The van der Waals surface area contributed by atoms with Gasteiger partial charge in [-0.05, 0) is 73.2 Å². The van der Waals surface area contributed by atoms with Crippen LogP contribution in [0.15, 0.2) is 35.3 Å². The molecular formula is C21H25BrN6O2. The van der Waals surface area contributed by atoms with Crippen molar-refractivity contribution in [3.05, 3.63) is 40.9 Å². The summed E-state index contributed by atoms with van der Waals surface area (Å²) in [7, 11) is 0. The third-order valence-corrected chi connectivity index (χ3v) is 5.61. The quantitative estimate of drug-likeness (QED) is 0.558. The van der Waals surface area contributed by atoms with Gasteiger partial charge in [-0.1, -0.05) is 0 Å². The molecule has 30 heavy (non-hydrogen) atoms. The summed E-state index contributed by atoms with van der Waals surface area (Å²) < 4.78 is 8.29. The molecular weight excluding hydrogens is 448 g/mol. The summed E-state index contributed by atoms with van der Waals surface area (Å²) in [6.07, 6.45) is 7.12. The van der Waals surface area contributed by atoms with Gasteiger partial charge in [0.15, 0.2) is 0 Å². The summed E-state index contributed by atoms with van der Waals surface area (Å²) >= 11 is 3.47. The maximum atomic E-state index is 12.4. The lowest BCUT2D eigenvalue weighted by atomic mass is 9.90. The van der Waals surface area contributed by atoms with Crippen LogP contribution in [0.25, 0.3) is 16.7 Å². The van der Waals surface area contributed by atoms with E-state index in [0.29, 0.717) is 24.8 Å². The van der Waals surface area contributed by atoms with E-state index in [0.717, 1.165) is 28.3 Å². The third-order valence-electron chi connectivity index (χ3n) is 5.18. The molecule has 1 aliphatic heterocycles. The van der Waals surface area contributed by atoms with Crippen LogP contribution in [0.2, 0.25) is 0 Å². The number of ether oxygens (including phenoxy) is 1. The highest BCUT2D eigenvalue weighted by Crippen LogP contribution is 2.36. The zero-order chi connectivity index (χ0) is 21.5. The highest BCUT2D eigenvalue weighted by molar-refractivity contribution is 9.10. The molecule has 158 valence electrons. The molecule has 1 fully saturated rings. The van der Waals surface area contributed by atoms with Crippen molar-refractivity contribution in [2.45, 2.75) is 45.1 Å². The van der Waals surface area contributed by atoms with E-state index in [1.807, 2.05) is 43.7 Å². The van der Waals surface area contributed by atoms with E-state index < -0.39 is 5.60 Å². The maximum absolute atomic E-state index is 12.4. The van der Waals surface area contributed by atoms with Crippen molar-refractivity contribution in [1.29, 1.82) is 0 Å². The van der Waals surface area contributed by atoms with E-state index in [-0.39, 0.29) is 12.0 Å². The number of likely N-dealkylation sites (tertiary alicyclic amines) is 1. The Bertz CT molecular complexity index is 1080. The zero-order valence-electron chi connectivity index (χ0n) is 17.3. The van der Waals surface area contributed by atoms with Gasteiger partial charge in [-0.3, -0.25) is 0 Å². The second kappa shape index (κ2) is 7.86. The largest absolute Gasteiger partial charge is 0.444 e. The van der Waals surface area contributed by atoms with E-state index in [2.05, 4.69) is 37.1 Å². The Kier molecular flexibility index (Phi) is 5.40. The van der Waals surface area contributed by atoms with Crippen molar-refractivity contribution in [2.24, 2.45) is 0 Å². The monoisotopic (exact) mass is 472 g/mol. The summed E-state index contributed by atoms with van der Waals surface area (Å²) in [5.41, 5.74) is 7.51. The smallest absolute Gasteiger partial charge is 0.410 e. The maximum Gasteiger partial charge on any atom is 0.410 e. The summed E-state index contributed by atoms with van der Waals surface area (Å²) in [6, 6.07) is 3.81. The highest BCUT2D eigenvalue weighted by Gasteiger charge is 2.29. The molecule has 0 atom stereocenters. The Balaban J connectivity index is 1.62. The van der Waals surface area contributed by atoms with Gasteiger partial charge in [-0.15, -0.1) is 0 Å². The molecule has 2 N–H and O–H groups in total. The molecule has 8 nitrogen and oxygen atoms in total. The number of halogens is 1. The first kappa shape index (κ1) is 20.6. The molecule has 0 aromatic carbocycles. The fraction of sp³-hybridized carbons (Fsp3) is 0.429. The minimum Gasteiger partial charge on any atom is -0.444 e. The molecule has 0 unspecified atom stereocenters. The number of piperidine rings is 1. The lowest BCUT2D eigenvalue weighted by molar-refractivity contribution is 0.0205. The molecule has 3 aromatic heterocycles. The van der Waals surface area contributed by atoms with E-state index in [1.54, 1.807) is 11.1 Å². The number of amides is 1. The number of nitrogen functional groups attached to an aromatic ring is 1. The second-order valence-electron chi connectivity index (χ2n) is 8.49. The van der Waals surface area contributed by atoms with Crippen molar-refractivity contribution >= 4 is 38.9 Å². The number of carbonyl (C=O) groups excluding carboxylic acids is 1. The number of rotatable bonds is 2. The van der Waals surface area contributed by atoms with Gasteiger partial charge in [-0.25, -0.2) is 14.8 Å². The van der Waals surface area contributed by atoms with Crippen molar-refractivity contribution in [1.82, 2.24) is 24.4 Å². The number of hydrogen-bond acceptors (Lipinski definition) is 6. The van der Waals surface area contributed by atoms with E-state index in [1.165, 1.54) is 5.56 Å². The predicted molar refractivity (Wildman–Crippen MR) is 119 cm³/mol. The normalized spacial score (nSPS) is 15.5. The van der Waals surface area contributed by atoms with Gasteiger partial charge in [0.1, 0.15) is 16.0 Å². The highest BCUT2D eigenvalue weighted by atomic mass is 79.9. The van der Waals surface area contributed by atoms with Crippen LogP contribution in [0.1, 0.15) is 45.1 Å². The van der Waals surface area contributed by atoms with Crippen LogP contribution in [0.4, 0.5) is 10.7 Å². The van der Waals surface area contributed by atoms with Crippen LogP contribution < -0.4 is 5.73 Å². The summed E-state index contributed by atoms with van der Waals surface area (Å²) in [4.78, 5) is 27.0. The molecule has 9 heteroatoms. The zero-order valence-corrected chi connectivity index (χ0v) is 18.9. The third kappa shape index (κ3) is 4.26. The fourth-order valence-corrected chi connectivity index (χ4v) is 4.15. The molecule has 0 saturated carbocycles. The van der Waals surface area contributed by atoms with Gasteiger partial charge in [0.05, 0.1) is 5.52 Å². The number of nitrogens with zero attached hydrogens (tertiary/aromatic N) is 5. The molecule has 4 heterocycles. The first-order valence-corrected chi connectivity index (χ1v) is 10.7. The van der Waals surface area contributed by atoms with Crippen LogP contribution >= 0.6 is 15.9 Å². The average Bonchev–Trinajstić information content (AvgIpc) is 3.05. The van der Waals surface area contributed by atoms with Crippen molar-refractivity contribution in [3.8, 4) is 5.82 Å². The molecule has 4 rings (SSSR count). The number of carbonyl (C=O) groups is 1. The number of fused-ring (bicyclic) bond motifs is 1. The molecule has 0 radical (unpaired) electrons. The van der Waals surface area contributed by atoms with Gasteiger partial charge < -0.3 is 19.9 Å². The van der Waals surface area contributed by atoms with Gasteiger partial charge in [0.2, 0.25) is 5.95 Å². The number of anilines is 1. The lowest BCUT2D eigenvalue weighted by Gasteiger charge is -2.33. The molecule has 1 aliphatic rings. The van der Waals surface area contributed by atoms with Crippen LogP contribution in [0, 0.1) is 0 Å². The molecule has 1 amide bonds. The molecule has 0 spiro atoms. The van der Waals surface area contributed by atoms with Crippen molar-refractivity contribution in [3.63, 3.8) is 0 Å². The van der Waals surface area contributed by atoms with Gasteiger partial charge in [0.25, 0.3) is 0 Å². The summed E-state index contributed by atoms with van der Waals surface area (Å²) in [5, 5.41) is 1.08. The van der Waals surface area contributed by atoms with Crippen LogP contribution in [-0.4, -0.2) is 49.2 Å². The predicted octanol–water partition coefficient (Wildman–Crippen LogP) is 4.27. The minimum atomic E-state index is -0.486. The number of nitrogens with two attached hydrogens (primary N) is 1. The number of hydrogen-bond donors (Lipinski definition) is 1.